The van der Waals surface area contributed by atoms with Crippen molar-refractivity contribution in [2.75, 3.05) is 44.3 Å². The van der Waals surface area contributed by atoms with Crippen LogP contribution in [0.3, 0.4) is 0 Å². The first kappa shape index (κ1) is 23.9. The van der Waals surface area contributed by atoms with Gasteiger partial charge in [-0.2, -0.15) is 13.2 Å². The molecule has 2 aliphatic heterocycles. The van der Waals surface area contributed by atoms with Crippen molar-refractivity contribution in [3.63, 3.8) is 0 Å². The summed E-state index contributed by atoms with van der Waals surface area (Å²) in [7, 11) is 2.05. The fraction of sp³-hybridized carbons (Fsp3) is 0.600. The van der Waals surface area contributed by atoms with Crippen LogP contribution in [0, 0.1) is 6.92 Å². The molecule has 4 rings (SSSR count). The van der Waals surface area contributed by atoms with Crippen molar-refractivity contribution in [1.29, 1.82) is 0 Å². The van der Waals surface area contributed by atoms with Gasteiger partial charge in [-0.05, 0) is 18.9 Å². The maximum Gasteiger partial charge on any atom is 0.490 e. The van der Waals surface area contributed by atoms with Crippen LogP contribution in [-0.4, -0.2) is 81.1 Å². The number of anilines is 1. The Balaban J connectivity index is 0.000000360. The summed E-state index contributed by atoms with van der Waals surface area (Å²) in [4.78, 5) is 27.8. The summed E-state index contributed by atoms with van der Waals surface area (Å²) >= 11 is 0. The highest BCUT2D eigenvalue weighted by molar-refractivity contribution is 5.73. The zero-order chi connectivity index (χ0) is 23.3. The smallest absolute Gasteiger partial charge is 0.475 e. The second kappa shape index (κ2) is 10.3. The largest absolute Gasteiger partial charge is 0.490 e. The van der Waals surface area contributed by atoms with Crippen LogP contribution in [0.1, 0.15) is 22.8 Å². The number of rotatable bonds is 3. The van der Waals surface area contributed by atoms with Crippen LogP contribution >= 0.6 is 0 Å². The topological polar surface area (TPSA) is 96.6 Å². The van der Waals surface area contributed by atoms with Crippen molar-refractivity contribution < 1.29 is 27.8 Å². The van der Waals surface area contributed by atoms with Crippen LogP contribution in [0.4, 0.5) is 19.1 Å². The fourth-order valence-corrected chi connectivity index (χ4v) is 3.63. The molecule has 1 saturated heterocycles. The summed E-state index contributed by atoms with van der Waals surface area (Å²) < 4.78 is 39.3. The van der Waals surface area contributed by atoms with E-state index < -0.39 is 12.1 Å². The zero-order valence-electron chi connectivity index (χ0n) is 18.1. The molecule has 0 aromatic carbocycles. The number of alkyl halides is 3. The molecular formula is C20H27F3N6O3. The molecule has 2 aromatic rings. The zero-order valence-corrected chi connectivity index (χ0v) is 18.1. The number of ether oxygens (including phenoxy) is 1. The van der Waals surface area contributed by atoms with E-state index in [0.717, 1.165) is 76.2 Å². The van der Waals surface area contributed by atoms with Gasteiger partial charge in [-0.25, -0.2) is 19.7 Å². The third-order valence-corrected chi connectivity index (χ3v) is 5.45. The molecule has 4 heterocycles. The Morgan fingerprint density at radius 1 is 1.16 bits per heavy atom. The van der Waals surface area contributed by atoms with Gasteiger partial charge in [0, 0.05) is 57.7 Å². The molecule has 32 heavy (non-hydrogen) atoms. The molecule has 0 radical (unpaired) electrons. The molecule has 0 saturated carbocycles. The number of halogens is 3. The average Bonchev–Trinajstić information content (AvgIpc) is 3.03. The number of nitrogens with zero attached hydrogens (tertiary/aromatic N) is 6. The van der Waals surface area contributed by atoms with Gasteiger partial charge in [0.1, 0.15) is 5.82 Å². The van der Waals surface area contributed by atoms with Crippen molar-refractivity contribution in [2.45, 2.75) is 32.5 Å². The fourth-order valence-electron chi connectivity index (χ4n) is 3.63. The van der Waals surface area contributed by atoms with Gasteiger partial charge in [0.2, 0.25) is 5.95 Å². The van der Waals surface area contributed by atoms with Crippen molar-refractivity contribution in [3.8, 4) is 0 Å². The van der Waals surface area contributed by atoms with Gasteiger partial charge in [0.15, 0.2) is 0 Å². The Hall–Kier alpha value is -2.73. The summed E-state index contributed by atoms with van der Waals surface area (Å²) in [6.07, 6.45) is 0.772. The number of aromatic nitrogens is 4. The molecule has 1 fully saturated rings. The molecule has 0 atom stereocenters. The molecule has 9 nitrogen and oxygen atoms in total. The van der Waals surface area contributed by atoms with E-state index in [2.05, 4.69) is 33.3 Å². The number of imidazole rings is 1. The lowest BCUT2D eigenvalue weighted by molar-refractivity contribution is -0.192. The highest BCUT2D eigenvalue weighted by atomic mass is 19.4. The number of carboxylic acids is 1. The minimum Gasteiger partial charge on any atom is -0.475 e. The van der Waals surface area contributed by atoms with E-state index in [-0.39, 0.29) is 0 Å². The molecule has 0 spiro atoms. The van der Waals surface area contributed by atoms with Crippen LogP contribution in [0.2, 0.25) is 0 Å². The van der Waals surface area contributed by atoms with E-state index in [1.165, 1.54) is 11.3 Å². The molecule has 176 valence electrons. The molecular weight excluding hydrogens is 429 g/mol. The molecule has 0 amide bonds. The Kier molecular flexibility index (Phi) is 7.67. The first-order valence-electron chi connectivity index (χ1n) is 10.3. The number of carboxylic acid groups (broad SMARTS) is 1. The molecule has 12 heteroatoms. The van der Waals surface area contributed by atoms with Crippen molar-refractivity contribution in [2.24, 2.45) is 7.05 Å². The monoisotopic (exact) mass is 456 g/mol. The first-order chi connectivity index (χ1) is 15.1. The van der Waals surface area contributed by atoms with Crippen molar-refractivity contribution in [3.05, 3.63) is 35.2 Å². The molecule has 0 bridgehead atoms. The summed E-state index contributed by atoms with van der Waals surface area (Å²) in [6, 6.07) is 0. The van der Waals surface area contributed by atoms with Crippen molar-refractivity contribution in [1.82, 2.24) is 24.4 Å². The summed E-state index contributed by atoms with van der Waals surface area (Å²) in [6.45, 7) is 8.33. The highest BCUT2D eigenvalue weighted by Gasteiger charge is 2.38. The van der Waals surface area contributed by atoms with E-state index in [9.17, 15) is 13.2 Å². The maximum absolute atomic E-state index is 10.6. The van der Waals surface area contributed by atoms with Gasteiger partial charge in [-0.3, -0.25) is 4.90 Å². The lowest BCUT2D eigenvalue weighted by Gasteiger charge is -2.27. The Bertz CT molecular complexity index is 928. The Labute approximate surface area is 183 Å². The van der Waals surface area contributed by atoms with Gasteiger partial charge >= 0.3 is 12.1 Å². The van der Waals surface area contributed by atoms with E-state index in [1.807, 2.05) is 12.4 Å². The third kappa shape index (κ3) is 6.16. The number of fused-ring (bicyclic) bond motifs is 1. The number of aryl methyl sites for hydroxylation is 2. The van der Waals surface area contributed by atoms with Crippen LogP contribution in [0.5, 0.6) is 0 Å². The standard InChI is InChI=1S/C18H26N6O.C2HF3O2/c1-14-15-3-6-23(13-17-19-5-8-22(17)2)7-4-16(15)21-18(20-14)24-9-11-25-12-10-24;3-2(4,5)1(6)7/h5,8H,3-4,6-7,9-13H2,1-2H3;(H,6,7). The predicted molar refractivity (Wildman–Crippen MR) is 109 cm³/mol. The van der Waals surface area contributed by atoms with E-state index in [4.69, 9.17) is 24.6 Å². The van der Waals surface area contributed by atoms with Crippen LogP contribution < -0.4 is 4.90 Å². The average molecular weight is 456 g/mol. The van der Waals surface area contributed by atoms with Gasteiger partial charge in [0.05, 0.1) is 25.5 Å². The maximum atomic E-state index is 10.6. The van der Waals surface area contributed by atoms with Gasteiger partial charge in [-0.1, -0.05) is 0 Å². The second-order valence-electron chi connectivity index (χ2n) is 7.67. The van der Waals surface area contributed by atoms with Crippen LogP contribution in [0.15, 0.2) is 12.4 Å². The number of morpholine rings is 1. The summed E-state index contributed by atoms with van der Waals surface area (Å²) in [5.41, 5.74) is 3.68. The highest BCUT2D eigenvalue weighted by Crippen LogP contribution is 2.21. The Morgan fingerprint density at radius 3 is 2.41 bits per heavy atom. The van der Waals surface area contributed by atoms with E-state index in [0.29, 0.717) is 0 Å². The van der Waals surface area contributed by atoms with Gasteiger partial charge in [0.25, 0.3) is 0 Å². The van der Waals surface area contributed by atoms with Crippen LogP contribution in [-0.2, 0) is 36.0 Å². The van der Waals surface area contributed by atoms with E-state index >= 15 is 0 Å². The second-order valence-corrected chi connectivity index (χ2v) is 7.67. The number of hydrogen-bond acceptors (Lipinski definition) is 7. The molecule has 0 unspecified atom stereocenters. The lowest BCUT2D eigenvalue weighted by atomic mass is 10.1. The lowest BCUT2D eigenvalue weighted by Crippen LogP contribution is -2.37. The Morgan fingerprint density at radius 2 is 1.81 bits per heavy atom. The summed E-state index contributed by atoms with van der Waals surface area (Å²) in [5, 5.41) is 7.12. The molecule has 2 aromatic heterocycles. The minimum atomic E-state index is -5.08. The minimum absolute atomic E-state index is 0.761. The van der Waals surface area contributed by atoms with Crippen molar-refractivity contribution >= 4 is 11.9 Å². The van der Waals surface area contributed by atoms with Gasteiger partial charge in [-0.15, -0.1) is 0 Å². The SMILES string of the molecule is Cc1nc(N2CCOCC2)nc2c1CCN(Cc1nccn1C)CC2.O=C(O)C(F)(F)F. The summed E-state index contributed by atoms with van der Waals surface area (Å²) in [5.74, 6) is -0.771. The molecule has 1 N–H and O–H groups in total. The van der Waals surface area contributed by atoms with Gasteiger partial charge < -0.3 is 19.3 Å². The molecule has 0 aliphatic carbocycles. The number of carbonyl (C=O) groups is 1. The first-order valence-corrected chi connectivity index (χ1v) is 10.3. The number of hydrogen-bond donors (Lipinski definition) is 1. The quantitative estimate of drug-likeness (QED) is 0.744. The van der Waals surface area contributed by atoms with Crippen LogP contribution in [0.25, 0.3) is 0 Å². The predicted octanol–water partition coefficient (Wildman–Crippen LogP) is 1.59. The third-order valence-electron chi connectivity index (χ3n) is 5.45. The molecule has 2 aliphatic rings. The normalized spacial score (nSPS) is 17.2. The van der Waals surface area contributed by atoms with E-state index in [1.54, 1.807) is 0 Å². The number of aliphatic carboxylic acids is 1.